The van der Waals surface area contributed by atoms with Crippen molar-refractivity contribution in [3.8, 4) is 0 Å². The Morgan fingerprint density at radius 1 is 1.36 bits per heavy atom. The molecule has 0 amide bonds. The lowest BCUT2D eigenvalue weighted by Crippen LogP contribution is -1.76. The predicted molar refractivity (Wildman–Crippen MR) is 47.7 cm³/mol. The fraction of sp³-hybridized carbons (Fsp3) is 0.222. The number of nitrogens with one attached hydrogen (secondary N) is 1. The largest absolute Gasteiger partial charge is 0.357 e. The van der Waals surface area contributed by atoms with Gasteiger partial charge >= 0.3 is 0 Å². The quantitative estimate of drug-likeness (QED) is 0.610. The summed E-state index contributed by atoms with van der Waals surface area (Å²) < 4.78 is 0. The van der Waals surface area contributed by atoms with E-state index >= 15 is 0 Å². The highest BCUT2D eigenvalue weighted by molar-refractivity contribution is 5.76. The van der Waals surface area contributed by atoms with Crippen molar-refractivity contribution in [2.24, 2.45) is 0 Å². The van der Waals surface area contributed by atoms with Crippen LogP contribution in [0.3, 0.4) is 0 Å². The van der Waals surface area contributed by atoms with Gasteiger partial charge in [0.05, 0.1) is 11.0 Å². The van der Waals surface area contributed by atoms with Crippen molar-refractivity contribution in [3.05, 3.63) is 29.6 Å². The second kappa shape index (κ2) is 2.09. The summed E-state index contributed by atoms with van der Waals surface area (Å²) in [6.07, 6.45) is 1.88. The van der Waals surface area contributed by atoms with Crippen LogP contribution in [0.4, 0.5) is 0 Å². The highest BCUT2D eigenvalue weighted by atomic mass is 14.8. The maximum Gasteiger partial charge on any atom is 0.0881 e. The predicted octanol–water partition coefficient (Wildman–Crippen LogP) is 2.43. The average Bonchev–Trinajstić information content (AvgIpc) is 2.27. The van der Waals surface area contributed by atoms with E-state index in [1.54, 1.807) is 0 Å². The Bertz CT molecular complexity index is 392. The molecule has 0 aliphatic heterocycles. The van der Waals surface area contributed by atoms with Crippen LogP contribution in [0.15, 0.2) is 18.3 Å². The van der Waals surface area contributed by atoms with Gasteiger partial charge in [0, 0.05) is 13.3 Å². The van der Waals surface area contributed by atoms with E-state index in [2.05, 4.69) is 22.1 Å². The minimum Gasteiger partial charge on any atom is -0.357 e. The van der Waals surface area contributed by atoms with Crippen LogP contribution < -0.4 is 0 Å². The molecule has 0 saturated heterocycles. The summed E-state index contributed by atoms with van der Waals surface area (Å²) in [6.45, 7) is 4.08. The molecule has 0 bridgehead atoms. The van der Waals surface area contributed by atoms with Gasteiger partial charge in [0.1, 0.15) is 0 Å². The van der Waals surface area contributed by atoms with E-state index in [4.69, 9.17) is 0 Å². The number of hydrogen-bond donors (Lipinski definition) is 1. The first-order valence-electron chi connectivity index (χ1n) is 3.68. The lowest BCUT2D eigenvalue weighted by atomic mass is 10.3. The summed E-state index contributed by atoms with van der Waals surface area (Å²) in [5.41, 5.74) is 4.54. The number of aryl methyl sites for hydroxylation is 2. The van der Waals surface area contributed by atoms with E-state index in [1.165, 1.54) is 5.56 Å². The fourth-order valence-corrected chi connectivity index (χ4v) is 1.25. The van der Waals surface area contributed by atoms with Crippen molar-refractivity contribution in [3.63, 3.8) is 0 Å². The van der Waals surface area contributed by atoms with Crippen LogP contribution >= 0.6 is 0 Å². The lowest BCUT2D eigenvalue weighted by molar-refractivity contribution is 1.29. The lowest BCUT2D eigenvalue weighted by Gasteiger charge is -1.89. The third-order valence-electron chi connectivity index (χ3n) is 1.74. The number of hydrogen-bond acceptors (Lipinski definition) is 1. The number of aromatic amines is 1. The Labute approximate surface area is 66.8 Å². The number of fused-ring (bicyclic) bond motifs is 1. The summed E-state index contributed by atoms with van der Waals surface area (Å²) in [4.78, 5) is 7.51. The molecule has 0 saturated carbocycles. The number of nitrogens with zero attached hydrogens (tertiary/aromatic N) is 1. The van der Waals surface area contributed by atoms with Gasteiger partial charge in [-0.3, -0.25) is 4.98 Å². The van der Waals surface area contributed by atoms with E-state index in [9.17, 15) is 0 Å². The molecule has 2 rings (SSSR count). The molecule has 2 aromatic rings. The van der Waals surface area contributed by atoms with Crippen molar-refractivity contribution < 1.29 is 1.43 Å². The minimum absolute atomic E-state index is 0. The minimum atomic E-state index is 0. The van der Waals surface area contributed by atoms with Gasteiger partial charge in [-0.1, -0.05) is 0 Å². The molecule has 0 radical (unpaired) electrons. The number of rotatable bonds is 0. The molecule has 0 spiro atoms. The molecule has 0 aliphatic rings. The molecule has 2 heteroatoms. The Hall–Kier alpha value is -1.31. The zero-order chi connectivity index (χ0) is 7.84. The van der Waals surface area contributed by atoms with Crippen LogP contribution in [0.2, 0.25) is 0 Å². The zero-order valence-corrected chi connectivity index (χ0v) is 6.68. The number of aromatic nitrogens is 2. The van der Waals surface area contributed by atoms with E-state index in [0.717, 1.165) is 16.7 Å². The first-order chi connectivity index (χ1) is 5.25. The van der Waals surface area contributed by atoms with Crippen molar-refractivity contribution >= 4 is 11.0 Å². The van der Waals surface area contributed by atoms with Crippen LogP contribution in [0, 0.1) is 13.8 Å². The Balaban J connectivity index is 0.000000720. The van der Waals surface area contributed by atoms with Gasteiger partial charge in [0.25, 0.3) is 0 Å². The normalized spacial score (nSPS) is 10.7. The Morgan fingerprint density at radius 2 is 2.18 bits per heavy atom. The third-order valence-corrected chi connectivity index (χ3v) is 1.74. The Kier molecular flexibility index (Phi) is 1.22. The Morgan fingerprint density at radius 3 is 3.00 bits per heavy atom. The van der Waals surface area contributed by atoms with E-state index in [0.29, 0.717) is 0 Å². The fourth-order valence-electron chi connectivity index (χ4n) is 1.25. The summed E-state index contributed by atoms with van der Waals surface area (Å²) in [6, 6.07) is 4.16. The maximum absolute atomic E-state index is 4.27. The van der Waals surface area contributed by atoms with Gasteiger partial charge in [-0.2, -0.15) is 0 Å². The summed E-state index contributed by atoms with van der Waals surface area (Å²) >= 11 is 0. The van der Waals surface area contributed by atoms with Gasteiger partial charge < -0.3 is 4.98 Å². The van der Waals surface area contributed by atoms with Crippen molar-refractivity contribution in [1.29, 1.82) is 0 Å². The van der Waals surface area contributed by atoms with E-state index in [1.807, 2.05) is 20.0 Å². The standard InChI is InChI=1S/C9H10N2.H2/c1-6-3-9-8(10-5-6)4-7(2)11-9;/h3-5,11H,1-2H3;1H. The topological polar surface area (TPSA) is 28.7 Å². The summed E-state index contributed by atoms with van der Waals surface area (Å²) in [7, 11) is 0. The van der Waals surface area contributed by atoms with Gasteiger partial charge in [-0.15, -0.1) is 0 Å². The highest BCUT2D eigenvalue weighted by Gasteiger charge is 1.96. The molecular weight excluding hydrogens is 136 g/mol. The molecule has 0 aliphatic carbocycles. The van der Waals surface area contributed by atoms with Crippen molar-refractivity contribution in [1.82, 2.24) is 9.97 Å². The van der Waals surface area contributed by atoms with Crippen LogP contribution in [0.5, 0.6) is 0 Å². The zero-order valence-electron chi connectivity index (χ0n) is 6.68. The van der Waals surface area contributed by atoms with Gasteiger partial charge in [-0.05, 0) is 31.5 Å². The third kappa shape index (κ3) is 1.00. The number of pyridine rings is 1. The number of H-pyrrole nitrogens is 1. The summed E-state index contributed by atoms with van der Waals surface area (Å²) in [5.74, 6) is 0. The average molecular weight is 148 g/mol. The molecule has 58 valence electrons. The van der Waals surface area contributed by atoms with Crippen LogP contribution in [0.1, 0.15) is 12.7 Å². The smallest absolute Gasteiger partial charge is 0.0881 e. The summed E-state index contributed by atoms with van der Waals surface area (Å²) in [5, 5.41) is 0. The van der Waals surface area contributed by atoms with Crippen LogP contribution in [-0.2, 0) is 0 Å². The maximum atomic E-state index is 4.27. The molecule has 11 heavy (non-hydrogen) atoms. The van der Waals surface area contributed by atoms with Crippen LogP contribution in [-0.4, -0.2) is 9.97 Å². The van der Waals surface area contributed by atoms with E-state index in [-0.39, 0.29) is 1.43 Å². The first kappa shape index (κ1) is 6.40. The molecule has 0 fully saturated rings. The molecule has 0 unspecified atom stereocenters. The molecule has 0 atom stereocenters. The second-order valence-corrected chi connectivity index (χ2v) is 2.90. The SMILES string of the molecule is Cc1cnc2cc(C)[nH]c2c1.[HH]. The van der Waals surface area contributed by atoms with Gasteiger partial charge in [0.15, 0.2) is 0 Å². The van der Waals surface area contributed by atoms with Gasteiger partial charge in [-0.25, -0.2) is 0 Å². The molecule has 2 heterocycles. The second-order valence-electron chi connectivity index (χ2n) is 2.90. The first-order valence-corrected chi connectivity index (χ1v) is 3.68. The van der Waals surface area contributed by atoms with Crippen molar-refractivity contribution in [2.75, 3.05) is 0 Å². The van der Waals surface area contributed by atoms with E-state index < -0.39 is 0 Å². The monoisotopic (exact) mass is 148 g/mol. The highest BCUT2D eigenvalue weighted by Crippen LogP contribution is 2.12. The molecule has 2 aromatic heterocycles. The molecule has 0 aromatic carbocycles. The molecular formula is C9H12N2. The molecule has 1 N–H and O–H groups in total. The van der Waals surface area contributed by atoms with Crippen molar-refractivity contribution in [2.45, 2.75) is 13.8 Å². The molecule has 2 nitrogen and oxygen atoms in total. The van der Waals surface area contributed by atoms with Gasteiger partial charge in [0.2, 0.25) is 0 Å². The van der Waals surface area contributed by atoms with Crippen LogP contribution in [0.25, 0.3) is 11.0 Å².